The number of aromatic nitrogens is 1. The van der Waals surface area contributed by atoms with Gasteiger partial charge in [0.1, 0.15) is 11.5 Å². The van der Waals surface area contributed by atoms with Crippen molar-refractivity contribution in [3.8, 4) is 0 Å². The van der Waals surface area contributed by atoms with Gasteiger partial charge in [-0.05, 0) is 65.2 Å². The van der Waals surface area contributed by atoms with Crippen LogP contribution < -0.4 is 16.6 Å². The minimum Gasteiger partial charge on any atom is -0.365 e. The van der Waals surface area contributed by atoms with E-state index >= 15 is 0 Å². The fourth-order valence-electron chi connectivity index (χ4n) is 3.28. The summed E-state index contributed by atoms with van der Waals surface area (Å²) in [5, 5.41) is 3.27. The quantitative estimate of drug-likeness (QED) is 0.769. The summed E-state index contributed by atoms with van der Waals surface area (Å²) >= 11 is 4.62. The molecule has 2 aromatic heterocycles. The summed E-state index contributed by atoms with van der Waals surface area (Å²) in [6.07, 6.45) is 4.32. The van der Waals surface area contributed by atoms with Crippen LogP contribution in [0.1, 0.15) is 39.7 Å². The molecule has 3 N–H and O–H groups in total. The minimum absolute atomic E-state index is 0.129. The Hall–Kier alpha value is -1.93. The number of nitrogens with one attached hydrogen (secondary N) is 1. The zero-order valence-corrected chi connectivity index (χ0v) is 17.0. The average Bonchev–Trinajstić information content (AvgIpc) is 2.88. The molecule has 0 spiro atoms. The van der Waals surface area contributed by atoms with E-state index in [1.54, 1.807) is 12.3 Å². The monoisotopic (exact) mass is 437 g/mol. The molecule has 0 bridgehead atoms. The minimum atomic E-state index is -0.525. The third-order valence-corrected chi connectivity index (χ3v) is 6.24. The molecular formula is C18H20BrN3O3S. The molecule has 0 fully saturated rings. The highest BCUT2D eigenvalue weighted by Gasteiger charge is 2.27. The van der Waals surface area contributed by atoms with Gasteiger partial charge < -0.3 is 15.6 Å². The van der Waals surface area contributed by atoms with Gasteiger partial charge in [-0.1, -0.05) is 6.92 Å². The third kappa shape index (κ3) is 3.76. The number of primary amides is 1. The van der Waals surface area contributed by atoms with Gasteiger partial charge in [0.2, 0.25) is 5.91 Å². The molecular weight excluding hydrogens is 418 g/mol. The molecule has 0 saturated carbocycles. The van der Waals surface area contributed by atoms with Crippen LogP contribution in [0.25, 0.3) is 0 Å². The van der Waals surface area contributed by atoms with Crippen LogP contribution in [0.3, 0.4) is 0 Å². The van der Waals surface area contributed by atoms with Gasteiger partial charge in [0, 0.05) is 11.1 Å². The van der Waals surface area contributed by atoms with Gasteiger partial charge in [-0.25, -0.2) is 0 Å². The largest absolute Gasteiger partial charge is 0.365 e. The number of rotatable bonds is 4. The lowest BCUT2D eigenvalue weighted by atomic mass is 9.88. The number of thiophene rings is 1. The Morgan fingerprint density at radius 2 is 2.19 bits per heavy atom. The van der Waals surface area contributed by atoms with Crippen molar-refractivity contribution < 1.29 is 9.59 Å². The SMILES string of the molecule is Cc1cc(Br)c(=O)n(CC(=O)Nc2sc3c(c2C(N)=O)CCC(C)C3)c1. The highest BCUT2D eigenvalue weighted by atomic mass is 79.9. The van der Waals surface area contributed by atoms with Crippen LogP contribution in [-0.2, 0) is 24.2 Å². The van der Waals surface area contributed by atoms with E-state index in [2.05, 4.69) is 28.2 Å². The fourth-order valence-corrected chi connectivity index (χ4v) is 5.30. The molecule has 0 aliphatic heterocycles. The van der Waals surface area contributed by atoms with Gasteiger partial charge in [0.15, 0.2) is 0 Å². The number of amides is 2. The lowest BCUT2D eigenvalue weighted by Crippen LogP contribution is -2.28. The first kappa shape index (κ1) is 18.8. The maximum atomic E-state index is 12.5. The molecule has 1 unspecified atom stereocenters. The van der Waals surface area contributed by atoms with Crippen LogP contribution in [0.15, 0.2) is 21.5 Å². The summed E-state index contributed by atoms with van der Waals surface area (Å²) in [4.78, 5) is 37.7. The Labute approximate surface area is 163 Å². The number of fused-ring (bicyclic) bond motifs is 1. The van der Waals surface area contributed by atoms with E-state index in [1.807, 2.05) is 6.92 Å². The highest BCUT2D eigenvalue weighted by Crippen LogP contribution is 2.39. The number of nitrogens with zero attached hydrogens (tertiary/aromatic N) is 1. The van der Waals surface area contributed by atoms with Gasteiger partial charge in [-0.2, -0.15) is 0 Å². The fraction of sp³-hybridized carbons (Fsp3) is 0.389. The normalized spacial score (nSPS) is 16.2. The Balaban J connectivity index is 1.86. The number of halogens is 1. The second-order valence-electron chi connectivity index (χ2n) is 6.77. The van der Waals surface area contributed by atoms with Crippen LogP contribution in [-0.4, -0.2) is 16.4 Å². The predicted octanol–water partition coefficient (Wildman–Crippen LogP) is 2.84. The van der Waals surface area contributed by atoms with E-state index in [4.69, 9.17) is 5.73 Å². The Bertz CT molecular complexity index is 948. The number of pyridine rings is 1. The molecule has 1 aliphatic rings. The number of carbonyl (C=O) groups is 2. The lowest BCUT2D eigenvalue weighted by Gasteiger charge is -2.18. The number of aryl methyl sites for hydroxylation is 1. The molecule has 0 aromatic carbocycles. The Morgan fingerprint density at radius 1 is 1.46 bits per heavy atom. The summed E-state index contributed by atoms with van der Waals surface area (Å²) < 4.78 is 1.75. The molecule has 0 saturated heterocycles. The van der Waals surface area contributed by atoms with Crippen molar-refractivity contribution in [3.05, 3.63) is 48.7 Å². The summed E-state index contributed by atoms with van der Waals surface area (Å²) in [5.74, 6) is -0.338. The molecule has 2 amide bonds. The van der Waals surface area contributed by atoms with Crippen LogP contribution in [0.4, 0.5) is 5.00 Å². The van der Waals surface area contributed by atoms with Crippen LogP contribution in [0, 0.1) is 12.8 Å². The molecule has 138 valence electrons. The molecule has 1 aliphatic carbocycles. The van der Waals surface area contributed by atoms with E-state index < -0.39 is 5.91 Å². The van der Waals surface area contributed by atoms with Crippen molar-refractivity contribution in [2.75, 3.05) is 5.32 Å². The molecule has 2 aromatic rings. The van der Waals surface area contributed by atoms with Crippen molar-refractivity contribution in [2.45, 2.75) is 39.7 Å². The average molecular weight is 438 g/mol. The van der Waals surface area contributed by atoms with E-state index in [0.29, 0.717) is 21.0 Å². The lowest BCUT2D eigenvalue weighted by molar-refractivity contribution is -0.116. The third-order valence-electron chi connectivity index (χ3n) is 4.50. The van der Waals surface area contributed by atoms with Crippen molar-refractivity contribution in [1.29, 1.82) is 0 Å². The second-order valence-corrected chi connectivity index (χ2v) is 8.73. The zero-order chi connectivity index (χ0) is 19.0. The Kier molecular flexibility index (Phi) is 5.34. The van der Waals surface area contributed by atoms with E-state index in [-0.39, 0.29) is 18.0 Å². The molecule has 0 radical (unpaired) electrons. The first-order chi connectivity index (χ1) is 12.3. The number of carbonyl (C=O) groups excluding carboxylic acids is 2. The smallest absolute Gasteiger partial charge is 0.265 e. The Morgan fingerprint density at radius 3 is 2.88 bits per heavy atom. The number of anilines is 1. The van der Waals surface area contributed by atoms with Gasteiger partial charge in [0.25, 0.3) is 11.5 Å². The van der Waals surface area contributed by atoms with Gasteiger partial charge in [-0.3, -0.25) is 14.4 Å². The number of nitrogens with two attached hydrogens (primary N) is 1. The summed E-state index contributed by atoms with van der Waals surface area (Å²) in [6.45, 7) is 3.89. The maximum Gasteiger partial charge on any atom is 0.265 e. The number of hydrogen-bond acceptors (Lipinski definition) is 4. The van der Waals surface area contributed by atoms with Crippen LogP contribution in [0.2, 0.25) is 0 Å². The molecule has 26 heavy (non-hydrogen) atoms. The maximum absolute atomic E-state index is 12.5. The topological polar surface area (TPSA) is 94.2 Å². The highest BCUT2D eigenvalue weighted by molar-refractivity contribution is 9.10. The van der Waals surface area contributed by atoms with E-state index in [1.165, 1.54) is 15.9 Å². The van der Waals surface area contributed by atoms with Crippen LogP contribution >= 0.6 is 27.3 Å². The predicted molar refractivity (Wildman–Crippen MR) is 106 cm³/mol. The van der Waals surface area contributed by atoms with Crippen LogP contribution in [0.5, 0.6) is 0 Å². The molecule has 2 heterocycles. The molecule has 6 nitrogen and oxygen atoms in total. The van der Waals surface area contributed by atoms with Gasteiger partial charge >= 0.3 is 0 Å². The van der Waals surface area contributed by atoms with Crippen molar-refractivity contribution in [3.63, 3.8) is 0 Å². The van der Waals surface area contributed by atoms with E-state index in [0.717, 1.165) is 35.3 Å². The first-order valence-corrected chi connectivity index (χ1v) is 9.98. The van der Waals surface area contributed by atoms with Crippen molar-refractivity contribution >= 4 is 44.1 Å². The van der Waals surface area contributed by atoms with Crippen molar-refractivity contribution in [2.24, 2.45) is 11.7 Å². The summed E-state index contributed by atoms with van der Waals surface area (Å²) in [7, 11) is 0. The summed E-state index contributed by atoms with van der Waals surface area (Å²) in [6, 6.07) is 1.70. The number of hydrogen-bond donors (Lipinski definition) is 2. The first-order valence-electron chi connectivity index (χ1n) is 8.37. The summed E-state index contributed by atoms with van der Waals surface area (Å²) in [5.41, 5.74) is 7.53. The van der Waals surface area contributed by atoms with Gasteiger partial charge in [0.05, 0.1) is 10.0 Å². The standard InChI is InChI=1S/C18H20BrN3O3S/c1-9-3-4-11-13(6-9)26-17(15(11)16(20)24)21-14(23)8-22-7-10(2)5-12(19)18(22)25/h5,7,9H,3-4,6,8H2,1-2H3,(H2,20,24)(H,21,23). The van der Waals surface area contributed by atoms with Crippen molar-refractivity contribution in [1.82, 2.24) is 4.57 Å². The molecule has 3 rings (SSSR count). The second kappa shape index (κ2) is 7.36. The van der Waals surface area contributed by atoms with Gasteiger partial charge in [-0.15, -0.1) is 11.3 Å². The molecule has 8 heteroatoms. The van der Waals surface area contributed by atoms with E-state index in [9.17, 15) is 14.4 Å². The molecule has 1 atom stereocenters. The zero-order valence-electron chi connectivity index (χ0n) is 14.6.